The molecule has 0 aliphatic heterocycles. The van der Waals surface area contributed by atoms with E-state index in [1.165, 1.54) is 6.07 Å². The molecule has 0 aliphatic rings. The van der Waals surface area contributed by atoms with Crippen molar-refractivity contribution < 1.29 is 4.92 Å². The second-order valence-electron chi connectivity index (χ2n) is 5.59. The molecule has 0 spiro atoms. The van der Waals surface area contributed by atoms with Crippen molar-refractivity contribution in [2.45, 2.75) is 40.2 Å². The van der Waals surface area contributed by atoms with E-state index in [1.54, 1.807) is 6.07 Å². The third-order valence-corrected chi connectivity index (χ3v) is 3.08. The Morgan fingerprint density at radius 3 is 2.50 bits per heavy atom. The number of likely N-dealkylation sites (N-methyl/N-ethyl adjacent to an activating group) is 1. The van der Waals surface area contributed by atoms with Crippen LogP contribution in [0.4, 0.5) is 5.69 Å². The SMILES string of the molecule is CNC(Cc1nc(C)ccc1[N+](=O)[O-])C(C)(C)C. The smallest absolute Gasteiger partial charge is 0.290 e. The van der Waals surface area contributed by atoms with Gasteiger partial charge in [0.05, 0.1) is 4.92 Å². The number of nitrogens with one attached hydrogen (secondary N) is 1. The van der Waals surface area contributed by atoms with Crippen LogP contribution < -0.4 is 5.32 Å². The van der Waals surface area contributed by atoms with E-state index in [0.29, 0.717) is 12.1 Å². The van der Waals surface area contributed by atoms with Crippen LogP contribution in [0, 0.1) is 22.5 Å². The zero-order chi connectivity index (χ0) is 13.9. The largest absolute Gasteiger partial charge is 0.316 e. The Hall–Kier alpha value is -1.49. The fourth-order valence-electron chi connectivity index (χ4n) is 1.95. The van der Waals surface area contributed by atoms with Crippen LogP contribution in [0.5, 0.6) is 0 Å². The molecule has 100 valence electrons. The molecular formula is C13H21N3O2. The van der Waals surface area contributed by atoms with Gasteiger partial charge in [-0.2, -0.15) is 0 Å². The lowest BCUT2D eigenvalue weighted by atomic mass is 9.84. The summed E-state index contributed by atoms with van der Waals surface area (Å²) < 4.78 is 0. The van der Waals surface area contributed by atoms with Crippen LogP contribution in [0.1, 0.15) is 32.2 Å². The molecule has 1 rings (SSSR count). The molecule has 1 N–H and O–H groups in total. The van der Waals surface area contributed by atoms with Gasteiger partial charge in [0.1, 0.15) is 5.69 Å². The normalized spacial score (nSPS) is 13.4. The van der Waals surface area contributed by atoms with Crippen molar-refractivity contribution in [2.75, 3.05) is 7.05 Å². The highest BCUT2D eigenvalue weighted by Crippen LogP contribution is 2.25. The summed E-state index contributed by atoms with van der Waals surface area (Å²) >= 11 is 0. The Morgan fingerprint density at radius 2 is 2.06 bits per heavy atom. The molecule has 0 aromatic carbocycles. The van der Waals surface area contributed by atoms with E-state index < -0.39 is 0 Å². The monoisotopic (exact) mass is 251 g/mol. The topological polar surface area (TPSA) is 68.1 Å². The molecule has 1 aromatic rings. The molecule has 1 aromatic heterocycles. The Labute approximate surface area is 108 Å². The summed E-state index contributed by atoms with van der Waals surface area (Å²) in [6, 6.07) is 3.35. The van der Waals surface area contributed by atoms with E-state index in [1.807, 2.05) is 14.0 Å². The molecule has 1 heterocycles. The highest BCUT2D eigenvalue weighted by atomic mass is 16.6. The maximum absolute atomic E-state index is 11.0. The van der Waals surface area contributed by atoms with E-state index in [4.69, 9.17) is 0 Å². The second kappa shape index (κ2) is 5.44. The lowest BCUT2D eigenvalue weighted by molar-refractivity contribution is -0.386. The average Bonchev–Trinajstić information content (AvgIpc) is 2.23. The Morgan fingerprint density at radius 1 is 1.44 bits per heavy atom. The number of pyridine rings is 1. The number of nitro groups is 1. The molecule has 1 unspecified atom stereocenters. The van der Waals surface area contributed by atoms with Gasteiger partial charge in [0.15, 0.2) is 0 Å². The number of hydrogen-bond donors (Lipinski definition) is 1. The van der Waals surface area contributed by atoms with E-state index in [2.05, 4.69) is 31.1 Å². The number of rotatable bonds is 4. The standard InChI is InChI=1S/C13H21N3O2/c1-9-6-7-11(16(17)18)10(15-9)8-12(14-5)13(2,3)4/h6-7,12,14H,8H2,1-5H3. The second-order valence-corrected chi connectivity index (χ2v) is 5.59. The lowest BCUT2D eigenvalue weighted by Crippen LogP contribution is -2.40. The van der Waals surface area contributed by atoms with Gasteiger partial charge < -0.3 is 5.32 Å². The minimum Gasteiger partial charge on any atom is -0.316 e. The predicted molar refractivity (Wildman–Crippen MR) is 71.6 cm³/mol. The summed E-state index contributed by atoms with van der Waals surface area (Å²) in [6.07, 6.45) is 0.554. The number of nitrogens with zero attached hydrogens (tertiary/aromatic N) is 2. The summed E-state index contributed by atoms with van der Waals surface area (Å²) in [5.74, 6) is 0. The fourth-order valence-corrected chi connectivity index (χ4v) is 1.95. The van der Waals surface area contributed by atoms with Gasteiger partial charge in [0.2, 0.25) is 0 Å². The van der Waals surface area contributed by atoms with E-state index >= 15 is 0 Å². The van der Waals surface area contributed by atoms with Gasteiger partial charge in [-0.15, -0.1) is 0 Å². The number of hydrogen-bond acceptors (Lipinski definition) is 4. The van der Waals surface area contributed by atoms with Crippen molar-refractivity contribution in [3.63, 3.8) is 0 Å². The van der Waals surface area contributed by atoms with Gasteiger partial charge in [-0.05, 0) is 25.5 Å². The maximum atomic E-state index is 11.0. The predicted octanol–water partition coefficient (Wildman–Crippen LogP) is 2.47. The molecule has 0 aliphatic carbocycles. The van der Waals surface area contributed by atoms with Crippen molar-refractivity contribution in [3.8, 4) is 0 Å². The minimum absolute atomic E-state index is 0.0219. The zero-order valence-corrected chi connectivity index (χ0v) is 11.7. The first-order valence-corrected chi connectivity index (χ1v) is 6.04. The van der Waals surface area contributed by atoms with Crippen molar-refractivity contribution in [2.24, 2.45) is 5.41 Å². The van der Waals surface area contributed by atoms with Gasteiger partial charge in [0.25, 0.3) is 5.69 Å². The van der Waals surface area contributed by atoms with Crippen LogP contribution in [-0.4, -0.2) is 23.0 Å². The highest BCUT2D eigenvalue weighted by molar-refractivity contribution is 5.36. The molecule has 5 heteroatoms. The van der Waals surface area contributed by atoms with Crippen LogP contribution in [-0.2, 0) is 6.42 Å². The van der Waals surface area contributed by atoms with E-state index in [9.17, 15) is 10.1 Å². The minimum atomic E-state index is -0.364. The molecule has 0 saturated heterocycles. The number of aryl methyl sites for hydroxylation is 1. The average molecular weight is 251 g/mol. The van der Waals surface area contributed by atoms with Crippen molar-refractivity contribution in [3.05, 3.63) is 33.6 Å². The van der Waals surface area contributed by atoms with Crippen molar-refractivity contribution in [1.82, 2.24) is 10.3 Å². The van der Waals surface area contributed by atoms with Crippen molar-refractivity contribution >= 4 is 5.69 Å². The van der Waals surface area contributed by atoms with Gasteiger partial charge in [-0.1, -0.05) is 20.8 Å². The van der Waals surface area contributed by atoms with Crippen molar-refractivity contribution in [1.29, 1.82) is 0 Å². The molecule has 1 atom stereocenters. The van der Waals surface area contributed by atoms with Crippen LogP contribution in [0.15, 0.2) is 12.1 Å². The third-order valence-electron chi connectivity index (χ3n) is 3.08. The highest BCUT2D eigenvalue weighted by Gasteiger charge is 2.27. The fraction of sp³-hybridized carbons (Fsp3) is 0.615. The maximum Gasteiger partial charge on any atom is 0.290 e. The van der Waals surface area contributed by atoms with Crippen LogP contribution in [0.25, 0.3) is 0 Å². The van der Waals surface area contributed by atoms with Crippen LogP contribution in [0.2, 0.25) is 0 Å². The van der Waals surface area contributed by atoms with E-state index in [0.717, 1.165) is 5.69 Å². The summed E-state index contributed by atoms with van der Waals surface area (Å²) in [5, 5.41) is 14.2. The molecule has 0 saturated carbocycles. The van der Waals surface area contributed by atoms with Crippen LogP contribution >= 0.6 is 0 Å². The van der Waals surface area contributed by atoms with Gasteiger partial charge in [-0.3, -0.25) is 15.1 Å². The molecule has 0 amide bonds. The Kier molecular flexibility index (Phi) is 4.40. The molecule has 5 nitrogen and oxygen atoms in total. The number of aromatic nitrogens is 1. The Bertz CT molecular complexity index is 438. The molecule has 18 heavy (non-hydrogen) atoms. The summed E-state index contributed by atoms with van der Waals surface area (Å²) in [6.45, 7) is 8.17. The summed E-state index contributed by atoms with van der Waals surface area (Å²) in [4.78, 5) is 14.9. The van der Waals surface area contributed by atoms with Gasteiger partial charge in [-0.25, -0.2) is 0 Å². The van der Waals surface area contributed by atoms with Crippen LogP contribution in [0.3, 0.4) is 0 Å². The molecular weight excluding hydrogens is 230 g/mol. The first-order chi connectivity index (χ1) is 8.25. The molecule has 0 fully saturated rings. The lowest BCUT2D eigenvalue weighted by Gasteiger charge is -2.30. The Balaban J connectivity index is 3.09. The van der Waals surface area contributed by atoms with E-state index in [-0.39, 0.29) is 22.1 Å². The quantitative estimate of drug-likeness (QED) is 0.659. The summed E-state index contributed by atoms with van der Waals surface area (Å²) in [5.41, 5.74) is 1.48. The third kappa shape index (κ3) is 3.50. The first kappa shape index (κ1) is 14.6. The summed E-state index contributed by atoms with van der Waals surface area (Å²) in [7, 11) is 1.87. The molecule has 0 bridgehead atoms. The molecule has 0 radical (unpaired) electrons. The zero-order valence-electron chi connectivity index (χ0n) is 11.7. The van der Waals surface area contributed by atoms with Gasteiger partial charge >= 0.3 is 0 Å². The first-order valence-electron chi connectivity index (χ1n) is 6.04. The van der Waals surface area contributed by atoms with Gasteiger partial charge in [0, 0.05) is 24.2 Å².